The van der Waals surface area contributed by atoms with Gasteiger partial charge in [0, 0.05) is 13.1 Å². The highest BCUT2D eigenvalue weighted by Gasteiger charge is 2.04. The molecule has 0 saturated carbocycles. The summed E-state index contributed by atoms with van der Waals surface area (Å²) in [6, 6.07) is 7.72. The van der Waals surface area contributed by atoms with Crippen LogP contribution in [0.2, 0.25) is 0 Å². The molecule has 9 heteroatoms. The largest absolute Gasteiger partial charge is 0.490 e. The van der Waals surface area contributed by atoms with Crippen LogP contribution in [0, 0.1) is 0 Å². The van der Waals surface area contributed by atoms with Crippen LogP contribution in [0.5, 0.6) is 5.75 Å². The van der Waals surface area contributed by atoms with Crippen molar-refractivity contribution in [1.29, 1.82) is 0 Å². The van der Waals surface area contributed by atoms with Crippen molar-refractivity contribution in [1.82, 2.24) is 5.32 Å². The average Bonchev–Trinajstić information content (AvgIpc) is 2.52. The Morgan fingerprint density at radius 1 is 1.04 bits per heavy atom. The summed E-state index contributed by atoms with van der Waals surface area (Å²) in [6.45, 7) is 3.22. The van der Waals surface area contributed by atoms with Crippen LogP contribution >= 0.6 is 15.9 Å². The molecule has 0 amide bonds. The third-order valence-electron chi connectivity index (χ3n) is 2.22. The molecule has 0 aliphatic rings. The van der Waals surface area contributed by atoms with Gasteiger partial charge < -0.3 is 30.1 Å². The SMILES string of the molecule is O=C(O)C(=O)O.OCCNCCOCCOc1ccccc1Br. The smallest absolute Gasteiger partial charge is 0.414 e. The van der Waals surface area contributed by atoms with Crippen LogP contribution in [0.4, 0.5) is 0 Å². The third-order valence-corrected chi connectivity index (χ3v) is 2.87. The second-order valence-corrected chi connectivity index (χ2v) is 4.83. The van der Waals surface area contributed by atoms with Gasteiger partial charge in [0.15, 0.2) is 0 Å². The van der Waals surface area contributed by atoms with E-state index in [9.17, 15) is 0 Å². The maximum atomic E-state index is 9.10. The normalized spacial score (nSPS) is 9.65. The Labute approximate surface area is 142 Å². The van der Waals surface area contributed by atoms with Crippen molar-refractivity contribution < 1.29 is 34.4 Å². The van der Waals surface area contributed by atoms with Gasteiger partial charge in [-0.25, -0.2) is 9.59 Å². The number of rotatable bonds is 9. The molecule has 1 aromatic rings. The molecular formula is C14H20BrNO7. The first-order valence-corrected chi connectivity index (χ1v) is 7.51. The number of carboxylic acid groups (broad SMARTS) is 2. The number of carbonyl (C=O) groups is 2. The monoisotopic (exact) mass is 393 g/mol. The summed E-state index contributed by atoms with van der Waals surface area (Å²) < 4.78 is 11.8. The van der Waals surface area contributed by atoms with E-state index in [2.05, 4.69) is 21.2 Å². The Bertz CT molecular complexity index is 458. The van der Waals surface area contributed by atoms with Gasteiger partial charge in [-0.2, -0.15) is 0 Å². The van der Waals surface area contributed by atoms with Crippen molar-refractivity contribution in [3.8, 4) is 5.75 Å². The van der Waals surface area contributed by atoms with Crippen molar-refractivity contribution in [2.45, 2.75) is 0 Å². The highest BCUT2D eigenvalue weighted by Crippen LogP contribution is 2.23. The third kappa shape index (κ3) is 12.5. The summed E-state index contributed by atoms with van der Waals surface area (Å²) >= 11 is 3.41. The Kier molecular flexibility index (Phi) is 12.9. The van der Waals surface area contributed by atoms with Crippen LogP contribution < -0.4 is 10.1 Å². The first-order valence-electron chi connectivity index (χ1n) is 6.72. The van der Waals surface area contributed by atoms with Gasteiger partial charge in [0.2, 0.25) is 0 Å². The number of hydrogen-bond donors (Lipinski definition) is 4. The highest BCUT2D eigenvalue weighted by atomic mass is 79.9. The minimum absolute atomic E-state index is 0.158. The number of carboxylic acids is 2. The minimum atomic E-state index is -1.82. The van der Waals surface area contributed by atoms with Gasteiger partial charge in [-0.1, -0.05) is 12.1 Å². The van der Waals surface area contributed by atoms with Gasteiger partial charge in [-0.15, -0.1) is 0 Å². The Morgan fingerprint density at radius 2 is 1.70 bits per heavy atom. The molecule has 0 aliphatic carbocycles. The van der Waals surface area contributed by atoms with Gasteiger partial charge in [-0.3, -0.25) is 0 Å². The second kappa shape index (κ2) is 13.9. The minimum Gasteiger partial charge on any atom is -0.490 e. The summed E-state index contributed by atoms with van der Waals surface area (Å²) in [5.41, 5.74) is 0. The maximum absolute atomic E-state index is 9.10. The first-order chi connectivity index (χ1) is 11.0. The number of para-hydroxylation sites is 1. The lowest BCUT2D eigenvalue weighted by Gasteiger charge is -2.08. The lowest BCUT2D eigenvalue weighted by atomic mass is 10.3. The molecule has 4 N–H and O–H groups in total. The number of aliphatic carboxylic acids is 2. The summed E-state index contributed by atoms with van der Waals surface area (Å²) in [6.07, 6.45) is 0. The van der Waals surface area contributed by atoms with Crippen molar-refractivity contribution in [3.05, 3.63) is 28.7 Å². The van der Waals surface area contributed by atoms with Crippen LogP contribution in [0.1, 0.15) is 0 Å². The molecule has 0 spiro atoms. The van der Waals surface area contributed by atoms with Gasteiger partial charge >= 0.3 is 11.9 Å². The molecule has 8 nitrogen and oxygen atoms in total. The number of aliphatic hydroxyl groups excluding tert-OH is 1. The molecule has 0 heterocycles. The van der Waals surface area contributed by atoms with Gasteiger partial charge in [0.1, 0.15) is 12.4 Å². The molecule has 0 atom stereocenters. The van der Waals surface area contributed by atoms with Crippen molar-refractivity contribution in [2.75, 3.05) is 39.5 Å². The molecule has 0 saturated heterocycles. The van der Waals surface area contributed by atoms with Crippen molar-refractivity contribution in [3.63, 3.8) is 0 Å². The zero-order valence-electron chi connectivity index (χ0n) is 12.4. The molecule has 0 aromatic heterocycles. The molecule has 0 unspecified atom stereocenters. The molecule has 1 rings (SSSR count). The molecule has 0 fully saturated rings. The van der Waals surface area contributed by atoms with Crippen LogP contribution in [0.15, 0.2) is 28.7 Å². The van der Waals surface area contributed by atoms with Crippen LogP contribution in [0.25, 0.3) is 0 Å². The summed E-state index contributed by atoms with van der Waals surface area (Å²) in [7, 11) is 0. The number of hydrogen-bond acceptors (Lipinski definition) is 6. The van der Waals surface area contributed by atoms with Gasteiger partial charge in [0.05, 0.1) is 24.3 Å². The maximum Gasteiger partial charge on any atom is 0.414 e. The van der Waals surface area contributed by atoms with E-state index in [4.69, 9.17) is 34.4 Å². The van der Waals surface area contributed by atoms with E-state index >= 15 is 0 Å². The van der Waals surface area contributed by atoms with Crippen molar-refractivity contribution >= 4 is 27.9 Å². The summed E-state index contributed by atoms with van der Waals surface area (Å²) in [4.78, 5) is 18.2. The summed E-state index contributed by atoms with van der Waals surface area (Å²) in [5.74, 6) is -2.82. The number of ether oxygens (including phenoxy) is 2. The molecule has 0 aliphatic heterocycles. The molecule has 0 bridgehead atoms. The van der Waals surface area contributed by atoms with E-state index in [1.165, 1.54) is 0 Å². The zero-order chi connectivity index (χ0) is 17.5. The number of halogens is 1. The zero-order valence-corrected chi connectivity index (χ0v) is 14.0. The quantitative estimate of drug-likeness (QED) is 0.354. The molecule has 0 radical (unpaired) electrons. The van der Waals surface area contributed by atoms with Crippen molar-refractivity contribution in [2.24, 2.45) is 0 Å². The predicted octanol–water partition coefficient (Wildman–Crippen LogP) is 0.582. The number of benzene rings is 1. The molecule has 23 heavy (non-hydrogen) atoms. The van der Waals surface area contributed by atoms with Crippen LogP contribution in [-0.4, -0.2) is 66.8 Å². The predicted molar refractivity (Wildman–Crippen MR) is 85.7 cm³/mol. The van der Waals surface area contributed by atoms with Gasteiger partial charge in [0.25, 0.3) is 0 Å². The van der Waals surface area contributed by atoms with E-state index in [1.807, 2.05) is 24.3 Å². The van der Waals surface area contributed by atoms with Gasteiger partial charge in [-0.05, 0) is 28.1 Å². The number of aliphatic hydroxyl groups is 1. The van der Waals surface area contributed by atoms with Crippen LogP contribution in [-0.2, 0) is 14.3 Å². The fourth-order valence-electron chi connectivity index (χ4n) is 1.22. The highest BCUT2D eigenvalue weighted by molar-refractivity contribution is 9.10. The van der Waals surface area contributed by atoms with Crippen LogP contribution in [0.3, 0.4) is 0 Å². The average molecular weight is 394 g/mol. The first kappa shape index (κ1) is 21.3. The van der Waals surface area contributed by atoms with E-state index in [-0.39, 0.29) is 6.61 Å². The Balaban J connectivity index is 0.000000688. The Morgan fingerprint density at radius 3 is 2.26 bits per heavy atom. The number of nitrogens with one attached hydrogen (secondary N) is 1. The topological polar surface area (TPSA) is 125 Å². The Hall–Kier alpha value is -1.68. The fraction of sp³-hybridized carbons (Fsp3) is 0.429. The lowest BCUT2D eigenvalue weighted by Crippen LogP contribution is -2.23. The fourth-order valence-corrected chi connectivity index (χ4v) is 1.62. The lowest BCUT2D eigenvalue weighted by molar-refractivity contribution is -0.159. The molecular weight excluding hydrogens is 374 g/mol. The standard InChI is InChI=1S/C12H18BrNO3.C2H2O4/c13-11-3-1-2-4-12(11)17-10-9-16-8-6-14-5-7-15;3-1(4)2(5)6/h1-4,14-15H,5-10H2;(H,3,4)(H,5,6). The second-order valence-electron chi connectivity index (χ2n) is 3.98. The molecule has 130 valence electrons. The van der Waals surface area contributed by atoms with E-state index in [0.29, 0.717) is 26.4 Å². The van der Waals surface area contributed by atoms with E-state index in [0.717, 1.165) is 16.8 Å². The molecule has 1 aromatic carbocycles. The van der Waals surface area contributed by atoms with E-state index < -0.39 is 11.9 Å². The van der Waals surface area contributed by atoms with E-state index in [1.54, 1.807) is 0 Å². The summed E-state index contributed by atoms with van der Waals surface area (Å²) in [5, 5.41) is 26.3.